The van der Waals surface area contributed by atoms with Gasteiger partial charge < -0.3 is 25.0 Å². The van der Waals surface area contributed by atoms with Crippen LogP contribution in [0.25, 0.3) is 11.3 Å². The molecule has 1 aliphatic carbocycles. The number of nitrogen functional groups attached to an aromatic ring is 1. The van der Waals surface area contributed by atoms with Crippen LogP contribution in [0.1, 0.15) is 12.8 Å². The van der Waals surface area contributed by atoms with E-state index in [1.807, 2.05) is 0 Å². The summed E-state index contributed by atoms with van der Waals surface area (Å²) in [7, 11) is 0. The summed E-state index contributed by atoms with van der Waals surface area (Å²) in [6.45, 7) is -1.16. The minimum Gasteiger partial charge on any atom is -0.431 e. The first-order valence-electron chi connectivity index (χ1n) is 10.9. The van der Waals surface area contributed by atoms with E-state index in [1.54, 1.807) is 11.0 Å². The van der Waals surface area contributed by atoms with Crippen LogP contribution in [0.4, 0.5) is 35.1 Å². The molecule has 4 aliphatic rings. The van der Waals surface area contributed by atoms with Gasteiger partial charge in [-0.15, -0.1) is 0 Å². The molecule has 0 spiro atoms. The molecule has 0 amide bonds. The predicted octanol–water partition coefficient (Wildman–Crippen LogP) is 2.79. The number of ether oxygens (including phenoxy) is 2. The van der Waals surface area contributed by atoms with Crippen molar-refractivity contribution >= 4 is 17.6 Å². The second kappa shape index (κ2) is 7.31. The molecule has 2 bridgehead atoms. The standard InChI is InChI=1S/C21H22F4N6O2/c22-19(23)33-16-1-10(5-27-18(16)26)15-3-17(31-7-13-2-12(31)9-32-13)29-20(28-15)30-6-11-4-21(24,25)14(11)8-30/h1,3,5,11-14,19H,2,4,6-9H2,(H2,26,27). The van der Waals surface area contributed by atoms with Gasteiger partial charge in [0.15, 0.2) is 11.6 Å². The first kappa shape index (κ1) is 20.7. The van der Waals surface area contributed by atoms with Crippen molar-refractivity contribution in [2.45, 2.75) is 37.5 Å². The first-order valence-corrected chi connectivity index (χ1v) is 10.9. The molecule has 4 atom stereocenters. The van der Waals surface area contributed by atoms with Crippen molar-refractivity contribution in [2.24, 2.45) is 11.8 Å². The normalized spacial score (nSPS) is 29.5. The van der Waals surface area contributed by atoms with Crippen LogP contribution in [0.5, 0.6) is 5.75 Å². The summed E-state index contributed by atoms with van der Waals surface area (Å²) in [5.74, 6) is -2.88. The highest BCUT2D eigenvalue weighted by Gasteiger charge is 2.60. The molecule has 176 valence electrons. The Hall–Kier alpha value is -2.89. The fraction of sp³-hybridized carbons (Fsp3) is 0.571. The summed E-state index contributed by atoms with van der Waals surface area (Å²) >= 11 is 0. The van der Waals surface area contributed by atoms with Crippen LogP contribution in [0.15, 0.2) is 18.3 Å². The number of pyridine rings is 1. The number of hydrogen-bond donors (Lipinski definition) is 1. The van der Waals surface area contributed by atoms with Crippen LogP contribution >= 0.6 is 0 Å². The zero-order valence-corrected chi connectivity index (χ0v) is 17.5. The molecule has 8 nitrogen and oxygen atoms in total. The third-order valence-electron chi connectivity index (χ3n) is 7.09. The molecule has 12 heteroatoms. The van der Waals surface area contributed by atoms with Gasteiger partial charge in [0.05, 0.1) is 24.4 Å². The minimum absolute atomic E-state index is 0.0869. The summed E-state index contributed by atoms with van der Waals surface area (Å²) < 4.78 is 63.6. The van der Waals surface area contributed by atoms with Crippen LogP contribution < -0.4 is 20.3 Å². The molecule has 33 heavy (non-hydrogen) atoms. The quantitative estimate of drug-likeness (QED) is 0.673. The minimum atomic E-state index is -3.05. The van der Waals surface area contributed by atoms with E-state index in [0.29, 0.717) is 42.7 Å². The van der Waals surface area contributed by atoms with Gasteiger partial charge in [-0.2, -0.15) is 13.8 Å². The van der Waals surface area contributed by atoms with Crippen molar-refractivity contribution in [3.05, 3.63) is 18.3 Å². The Bertz CT molecular complexity index is 1090. The zero-order valence-electron chi connectivity index (χ0n) is 17.5. The molecule has 2 aromatic rings. The number of halogens is 4. The third kappa shape index (κ3) is 3.51. The molecule has 2 N–H and O–H groups in total. The number of hydrogen-bond acceptors (Lipinski definition) is 8. The van der Waals surface area contributed by atoms with Crippen molar-refractivity contribution in [1.29, 1.82) is 0 Å². The van der Waals surface area contributed by atoms with Crippen molar-refractivity contribution < 1.29 is 27.0 Å². The summed E-state index contributed by atoms with van der Waals surface area (Å²) in [5, 5.41) is 0. The highest BCUT2D eigenvalue weighted by atomic mass is 19.3. The average Bonchev–Trinajstić information content (AvgIpc) is 3.49. The molecule has 1 saturated carbocycles. The van der Waals surface area contributed by atoms with Gasteiger partial charge in [0, 0.05) is 49.8 Å². The number of fused-ring (bicyclic) bond motifs is 3. The molecule has 3 saturated heterocycles. The van der Waals surface area contributed by atoms with Crippen LogP contribution in [0, 0.1) is 11.8 Å². The maximum Gasteiger partial charge on any atom is 0.387 e. The van der Waals surface area contributed by atoms with E-state index in [9.17, 15) is 17.6 Å². The van der Waals surface area contributed by atoms with E-state index in [1.165, 1.54) is 12.3 Å². The van der Waals surface area contributed by atoms with Gasteiger partial charge in [-0.05, 0) is 18.4 Å². The first-order chi connectivity index (χ1) is 15.8. The number of anilines is 3. The monoisotopic (exact) mass is 466 g/mol. The Labute approximate surface area is 186 Å². The van der Waals surface area contributed by atoms with Crippen molar-refractivity contribution in [2.75, 3.05) is 41.8 Å². The van der Waals surface area contributed by atoms with Crippen LogP contribution in [0.3, 0.4) is 0 Å². The lowest BCUT2D eigenvalue weighted by Crippen LogP contribution is -2.46. The lowest BCUT2D eigenvalue weighted by atomic mass is 9.72. The van der Waals surface area contributed by atoms with E-state index in [4.69, 9.17) is 15.5 Å². The lowest BCUT2D eigenvalue weighted by Gasteiger charge is -2.38. The third-order valence-corrected chi connectivity index (χ3v) is 7.09. The predicted molar refractivity (Wildman–Crippen MR) is 111 cm³/mol. The SMILES string of the molecule is Nc1ncc(-c2cc(N3CC4CC3CO4)nc(N3CC4CC(F)(F)C4C3)n2)cc1OC(F)F. The maximum absolute atomic E-state index is 14.0. The van der Waals surface area contributed by atoms with Gasteiger partial charge in [-0.3, -0.25) is 0 Å². The van der Waals surface area contributed by atoms with Crippen LogP contribution in [-0.4, -0.2) is 65.9 Å². The number of alkyl halides is 4. The Morgan fingerprint density at radius 2 is 2.03 bits per heavy atom. The molecular formula is C21H22F4N6O2. The van der Waals surface area contributed by atoms with Gasteiger partial charge in [0.1, 0.15) is 5.82 Å². The summed E-state index contributed by atoms with van der Waals surface area (Å²) in [6, 6.07) is 3.28. The topological polar surface area (TPSA) is 89.6 Å². The second-order valence-electron chi connectivity index (χ2n) is 9.13. The van der Waals surface area contributed by atoms with Gasteiger partial charge in [-0.25, -0.2) is 18.7 Å². The molecule has 0 radical (unpaired) electrons. The summed E-state index contributed by atoms with van der Waals surface area (Å²) in [4.78, 5) is 17.2. The van der Waals surface area contributed by atoms with E-state index >= 15 is 0 Å². The lowest BCUT2D eigenvalue weighted by molar-refractivity contribution is -0.152. The molecular weight excluding hydrogens is 444 g/mol. The van der Waals surface area contributed by atoms with Crippen LogP contribution in [0.2, 0.25) is 0 Å². The molecule has 4 fully saturated rings. The van der Waals surface area contributed by atoms with E-state index in [-0.39, 0.29) is 42.6 Å². The fourth-order valence-electron chi connectivity index (χ4n) is 5.38. The number of rotatable bonds is 5. The van der Waals surface area contributed by atoms with Gasteiger partial charge >= 0.3 is 6.61 Å². The number of aromatic nitrogens is 3. The second-order valence-corrected chi connectivity index (χ2v) is 9.13. The highest BCUT2D eigenvalue weighted by molar-refractivity contribution is 5.68. The summed E-state index contributed by atoms with van der Waals surface area (Å²) in [5.41, 5.74) is 6.52. The molecule has 6 rings (SSSR count). The smallest absolute Gasteiger partial charge is 0.387 e. The maximum atomic E-state index is 14.0. The van der Waals surface area contributed by atoms with Crippen LogP contribution in [-0.2, 0) is 4.74 Å². The van der Waals surface area contributed by atoms with E-state index in [2.05, 4.69) is 19.6 Å². The molecule has 3 aliphatic heterocycles. The van der Waals surface area contributed by atoms with Gasteiger partial charge in [0.2, 0.25) is 5.95 Å². The highest BCUT2D eigenvalue weighted by Crippen LogP contribution is 2.52. The Morgan fingerprint density at radius 3 is 2.70 bits per heavy atom. The number of nitrogens with zero attached hydrogens (tertiary/aromatic N) is 5. The Balaban J connectivity index is 1.38. The Kier molecular flexibility index (Phi) is 4.58. The Morgan fingerprint density at radius 1 is 1.18 bits per heavy atom. The molecule has 0 aromatic carbocycles. The largest absolute Gasteiger partial charge is 0.431 e. The number of nitrogens with two attached hydrogens (primary N) is 1. The van der Waals surface area contributed by atoms with Gasteiger partial charge in [-0.1, -0.05) is 0 Å². The average molecular weight is 466 g/mol. The molecule has 4 unspecified atom stereocenters. The van der Waals surface area contributed by atoms with E-state index in [0.717, 1.165) is 6.42 Å². The molecule has 5 heterocycles. The van der Waals surface area contributed by atoms with Gasteiger partial charge in [0.25, 0.3) is 5.92 Å². The number of morpholine rings is 1. The van der Waals surface area contributed by atoms with Crippen molar-refractivity contribution in [1.82, 2.24) is 15.0 Å². The van der Waals surface area contributed by atoms with Crippen molar-refractivity contribution in [3.63, 3.8) is 0 Å². The molecule has 2 aromatic heterocycles. The van der Waals surface area contributed by atoms with E-state index < -0.39 is 18.5 Å². The fourth-order valence-corrected chi connectivity index (χ4v) is 5.38. The van der Waals surface area contributed by atoms with Crippen molar-refractivity contribution in [3.8, 4) is 17.0 Å². The summed E-state index contributed by atoms with van der Waals surface area (Å²) in [6.07, 6.45) is 2.32. The zero-order chi connectivity index (χ0) is 22.9.